The maximum atomic E-state index is 8.64. The van der Waals surface area contributed by atoms with Crippen molar-refractivity contribution in [3.8, 4) is 6.07 Å². The fourth-order valence-electron chi connectivity index (χ4n) is 2.69. The van der Waals surface area contributed by atoms with Crippen LogP contribution in [0.25, 0.3) is 0 Å². The van der Waals surface area contributed by atoms with Gasteiger partial charge in [-0.15, -0.1) is 0 Å². The predicted octanol–water partition coefficient (Wildman–Crippen LogP) is 3.00. The van der Waals surface area contributed by atoms with Gasteiger partial charge < -0.3 is 0 Å². The van der Waals surface area contributed by atoms with E-state index in [1.807, 2.05) is 0 Å². The van der Waals surface area contributed by atoms with Crippen LogP contribution >= 0.6 is 0 Å². The van der Waals surface area contributed by atoms with Gasteiger partial charge >= 0.3 is 0 Å². The molecule has 1 saturated heterocycles. The summed E-state index contributed by atoms with van der Waals surface area (Å²) in [5.74, 6) is 0. The Morgan fingerprint density at radius 1 is 1.29 bits per heavy atom. The molecule has 0 spiro atoms. The second-order valence-electron chi connectivity index (χ2n) is 4.76. The highest BCUT2D eigenvalue weighted by atomic mass is 15.2. The lowest BCUT2D eigenvalue weighted by Crippen LogP contribution is -2.30. The summed E-state index contributed by atoms with van der Waals surface area (Å²) in [6.07, 6.45) is 5.66. The molecule has 2 nitrogen and oxygen atoms in total. The molecule has 0 aliphatic carbocycles. The molecule has 90 valence electrons. The van der Waals surface area contributed by atoms with Crippen LogP contribution in [0.15, 0.2) is 30.3 Å². The average molecular weight is 228 g/mol. The molecular formula is C15H20N2. The molecule has 0 saturated carbocycles. The monoisotopic (exact) mass is 228 g/mol. The van der Waals surface area contributed by atoms with E-state index in [1.54, 1.807) is 0 Å². The second-order valence-corrected chi connectivity index (χ2v) is 4.76. The van der Waals surface area contributed by atoms with Gasteiger partial charge in [0.2, 0.25) is 0 Å². The highest BCUT2D eigenvalue weighted by Gasteiger charge is 2.23. The van der Waals surface area contributed by atoms with E-state index in [0.29, 0.717) is 12.5 Å². The van der Waals surface area contributed by atoms with Crippen molar-refractivity contribution < 1.29 is 0 Å². The van der Waals surface area contributed by atoms with Crippen LogP contribution in [-0.4, -0.2) is 24.0 Å². The lowest BCUT2D eigenvalue weighted by Gasteiger charge is -2.23. The van der Waals surface area contributed by atoms with Crippen molar-refractivity contribution in [3.63, 3.8) is 0 Å². The molecule has 0 bridgehead atoms. The summed E-state index contributed by atoms with van der Waals surface area (Å²) in [5.41, 5.74) is 1.43. The first-order chi connectivity index (χ1) is 8.40. The molecular weight excluding hydrogens is 208 g/mol. The Labute approximate surface area is 104 Å². The number of nitriles is 1. The largest absolute Gasteiger partial charge is 0.299 e. The lowest BCUT2D eigenvalue weighted by atomic mass is 10.0. The molecule has 1 aliphatic heterocycles. The Morgan fingerprint density at radius 2 is 2.12 bits per heavy atom. The van der Waals surface area contributed by atoms with Gasteiger partial charge in [0.25, 0.3) is 0 Å². The molecule has 0 N–H and O–H groups in total. The van der Waals surface area contributed by atoms with E-state index in [-0.39, 0.29) is 0 Å². The summed E-state index contributed by atoms with van der Waals surface area (Å²) in [7, 11) is 0. The summed E-state index contributed by atoms with van der Waals surface area (Å²) in [5, 5.41) is 8.64. The van der Waals surface area contributed by atoms with Crippen molar-refractivity contribution in [1.82, 2.24) is 4.90 Å². The van der Waals surface area contributed by atoms with Gasteiger partial charge in [-0.1, -0.05) is 30.3 Å². The van der Waals surface area contributed by atoms with E-state index in [2.05, 4.69) is 41.3 Å². The first-order valence-electron chi connectivity index (χ1n) is 6.55. The zero-order chi connectivity index (χ0) is 11.9. The summed E-state index contributed by atoms with van der Waals surface area (Å²) in [4.78, 5) is 2.49. The SMILES string of the molecule is N#CCCN1CCC[C@@H]1CCc1ccccc1. The van der Waals surface area contributed by atoms with Gasteiger partial charge in [0.15, 0.2) is 0 Å². The Morgan fingerprint density at radius 3 is 2.88 bits per heavy atom. The van der Waals surface area contributed by atoms with Crippen molar-refractivity contribution in [3.05, 3.63) is 35.9 Å². The first kappa shape index (κ1) is 12.1. The maximum Gasteiger partial charge on any atom is 0.0635 e. The number of hydrogen-bond donors (Lipinski definition) is 0. The first-order valence-corrected chi connectivity index (χ1v) is 6.55. The van der Waals surface area contributed by atoms with Gasteiger partial charge in [-0.05, 0) is 37.8 Å². The molecule has 17 heavy (non-hydrogen) atoms. The Hall–Kier alpha value is -1.33. The van der Waals surface area contributed by atoms with Crippen LogP contribution in [0.4, 0.5) is 0 Å². The Balaban J connectivity index is 1.80. The van der Waals surface area contributed by atoms with Gasteiger partial charge in [-0.2, -0.15) is 5.26 Å². The van der Waals surface area contributed by atoms with Crippen LogP contribution in [0.5, 0.6) is 0 Å². The van der Waals surface area contributed by atoms with Gasteiger partial charge in [0, 0.05) is 19.0 Å². The topological polar surface area (TPSA) is 27.0 Å². The zero-order valence-electron chi connectivity index (χ0n) is 10.3. The molecule has 0 unspecified atom stereocenters. The fourth-order valence-corrected chi connectivity index (χ4v) is 2.69. The summed E-state index contributed by atoms with van der Waals surface area (Å²) in [6.45, 7) is 2.14. The van der Waals surface area contributed by atoms with Gasteiger partial charge in [-0.3, -0.25) is 4.90 Å². The summed E-state index contributed by atoms with van der Waals surface area (Å²) < 4.78 is 0. The van der Waals surface area contributed by atoms with Crippen molar-refractivity contribution >= 4 is 0 Å². The van der Waals surface area contributed by atoms with Crippen molar-refractivity contribution in [2.24, 2.45) is 0 Å². The second kappa shape index (κ2) is 6.42. The number of benzene rings is 1. The van der Waals surface area contributed by atoms with E-state index in [4.69, 9.17) is 5.26 Å². The van der Waals surface area contributed by atoms with Crippen LogP contribution in [-0.2, 0) is 6.42 Å². The minimum absolute atomic E-state index is 0.668. The number of aryl methyl sites for hydroxylation is 1. The molecule has 1 aliphatic rings. The highest BCUT2D eigenvalue weighted by molar-refractivity contribution is 5.14. The van der Waals surface area contributed by atoms with Gasteiger partial charge in [0.05, 0.1) is 6.07 Å². The lowest BCUT2D eigenvalue weighted by molar-refractivity contribution is 0.248. The number of likely N-dealkylation sites (tertiary alicyclic amines) is 1. The molecule has 1 atom stereocenters. The molecule has 0 radical (unpaired) electrons. The van der Waals surface area contributed by atoms with Gasteiger partial charge in [-0.25, -0.2) is 0 Å². The van der Waals surface area contributed by atoms with Crippen molar-refractivity contribution in [2.45, 2.75) is 38.1 Å². The van der Waals surface area contributed by atoms with Crippen LogP contribution in [0.3, 0.4) is 0 Å². The van der Waals surface area contributed by atoms with Crippen LogP contribution in [0, 0.1) is 11.3 Å². The minimum atomic E-state index is 0.668. The molecule has 1 heterocycles. The van der Waals surface area contributed by atoms with E-state index in [1.165, 1.54) is 31.4 Å². The summed E-state index contributed by atoms with van der Waals surface area (Å²) >= 11 is 0. The normalized spacial score (nSPS) is 20.3. The third-order valence-electron chi connectivity index (χ3n) is 3.62. The maximum absolute atomic E-state index is 8.64. The molecule has 1 aromatic carbocycles. The third kappa shape index (κ3) is 3.57. The van der Waals surface area contributed by atoms with Crippen LogP contribution in [0.1, 0.15) is 31.2 Å². The van der Waals surface area contributed by atoms with Gasteiger partial charge in [0.1, 0.15) is 0 Å². The highest BCUT2D eigenvalue weighted by Crippen LogP contribution is 2.21. The molecule has 2 heteroatoms. The standard InChI is InChI=1S/C15H20N2/c16-11-5-13-17-12-4-8-15(17)10-9-14-6-2-1-3-7-14/h1-3,6-7,15H,4-5,8-10,12-13H2/t15-/m1/s1. The zero-order valence-corrected chi connectivity index (χ0v) is 10.3. The molecule has 2 rings (SSSR count). The fraction of sp³-hybridized carbons (Fsp3) is 0.533. The van der Waals surface area contributed by atoms with Crippen molar-refractivity contribution in [1.29, 1.82) is 5.26 Å². The Kier molecular flexibility index (Phi) is 4.58. The number of hydrogen-bond acceptors (Lipinski definition) is 2. The number of nitrogens with zero attached hydrogens (tertiary/aromatic N) is 2. The quantitative estimate of drug-likeness (QED) is 0.774. The average Bonchev–Trinajstić information content (AvgIpc) is 2.82. The van der Waals surface area contributed by atoms with Crippen LogP contribution in [0.2, 0.25) is 0 Å². The molecule has 1 aromatic rings. The van der Waals surface area contributed by atoms with E-state index in [0.717, 1.165) is 13.0 Å². The smallest absolute Gasteiger partial charge is 0.0635 e. The minimum Gasteiger partial charge on any atom is -0.299 e. The van der Waals surface area contributed by atoms with Crippen molar-refractivity contribution in [2.75, 3.05) is 13.1 Å². The van der Waals surface area contributed by atoms with Crippen LogP contribution < -0.4 is 0 Å². The molecule has 0 amide bonds. The van der Waals surface area contributed by atoms with E-state index >= 15 is 0 Å². The van der Waals surface area contributed by atoms with E-state index < -0.39 is 0 Å². The number of rotatable bonds is 5. The predicted molar refractivity (Wildman–Crippen MR) is 69.6 cm³/mol. The Bertz CT molecular complexity index is 366. The summed E-state index contributed by atoms with van der Waals surface area (Å²) in [6, 6.07) is 13.6. The molecule has 1 fully saturated rings. The molecule has 0 aromatic heterocycles. The third-order valence-corrected chi connectivity index (χ3v) is 3.62. The van der Waals surface area contributed by atoms with E-state index in [9.17, 15) is 0 Å².